The predicted molar refractivity (Wildman–Crippen MR) is 106 cm³/mol. The molecular formula is C19H23BrN6O2. The highest BCUT2D eigenvalue weighted by Crippen LogP contribution is 2.49. The second-order valence-electron chi connectivity index (χ2n) is 7.80. The summed E-state index contributed by atoms with van der Waals surface area (Å²) in [5.41, 5.74) is 0.798. The van der Waals surface area contributed by atoms with E-state index in [1.165, 1.54) is 30.5 Å². The van der Waals surface area contributed by atoms with Crippen LogP contribution in [0.25, 0.3) is 11.4 Å². The molecule has 2 bridgehead atoms. The number of amides is 3. The number of hydrogen-bond acceptors (Lipinski definition) is 5. The van der Waals surface area contributed by atoms with Gasteiger partial charge < -0.3 is 5.32 Å². The molecule has 2 N–H and O–H groups in total. The number of halogens is 1. The minimum absolute atomic E-state index is 0.0663. The molecule has 2 aliphatic carbocycles. The molecule has 1 heterocycles. The number of carbonyl (C=O) groups is 2. The van der Waals surface area contributed by atoms with E-state index in [-0.39, 0.29) is 12.6 Å². The van der Waals surface area contributed by atoms with Crippen LogP contribution in [0.15, 0.2) is 28.7 Å². The molecule has 9 heteroatoms. The number of rotatable bonds is 5. The average Bonchev–Trinajstić information content (AvgIpc) is 3.39. The van der Waals surface area contributed by atoms with Crippen molar-refractivity contribution in [2.45, 2.75) is 45.2 Å². The molecule has 2 aromatic rings. The summed E-state index contributed by atoms with van der Waals surface area (Å²) in [6.45, 7) is 1.86. The summed E-state index contributed by atoms with van der Waals surface area (Å²) in [5.74, 6) is 2.01. The van der Waals surface area contributed by atoms with Crippen LogP contribution in [0.4, 0.5) is 4.79 Å². The topological polar surface area (TPSA) is 102 Å². The summed E-state index contributed by atoms with van der Waals surface area (Å²) in [7, 11) is 0. The number of nitrogens with zero attached hydrogens (tertiary/aromatic N) is 4. The van der Waals surface area contributed by atoms with Gasteiger partial charge in [0, 0.05) is 16.1 Å². The first-order chi connectivity index (χ1) is 13.5. The molecule has 148 valence electrons. The summed E-state index contributed by atoms with van der Waals surface area (Å²) in [6.07, 6.45) is 5.06. The van der Waals surface area contributed by atoms with Crippen LogP contribution in [0.1, 0.15) is 32.6 Å². The third-order valence-electron chi connectivity index (χ3n) is 5.89. The van der Waals surface area contributed by atoms with Gasteiger partial charge in [-0.05, 0) is 73.4 Å². The minimum atomic E-state index is -0.475. The molecule has 4 atom stereocenters. The number of benzene rings is 1. The Hall–Kier alpha value is -2.29. The Kier molecular flexibility index (Phi) is 5.43. The van der Waals surface area contributed by atoms with Crippen molar-refractivity contribution in [1.82, 2.24) is 30.8 Å². The zero-order valence-corrected chi connectivity index (χ0v) is 17.2. The summed E-state index contributed by atoms with van der Waals surface area (Å²) in [5, 5.41) is 17.3. The summed E-state index contributed by atoms with van der Waals surface area (Å²) >= 11 is 3.37. The first-order valence-electron chi connectivity index (χ1n) is 9.62. The molecule has 0 radical (unpaired) electrons. The lowest BCUT2D eigenvalue weighted by Gasteiger charge is -2.28. The zero-order chi connectivity index (χ0) is 19.7. The second-order valence-corrected chi connectivity index (χ2v) is 8.72. The summed E-state index contributed by atoms with van der Waals surface area (Å²) in [4.78, 5) is 25.5. The molecular weight excluding hydrogens is 424 g/mol. The van der Waals surface area contributed by atoms with Gasteiger partial charge in [-0.25, -0.2) is 4.79 Å². The quantitative estimate of drug-likeness (QED) is 0.734. The molecule has 0 aliphatic heterocycles. The minimum Gasteiger partial charge on any atom is -0.335 e. The van der Waals surface area contributed by atoms with Crippen molar-refractivity contribution in [3.63, 3.8) is 0 Å². The highest BCUT2D eigenvalue weighted by molar-refractivity contribution is 9.10. The number of hydrogen-bond donors (Lipinski definition) is 2. The van der Waals surface area contributed by atoms with Gasteiger partial charge in [-0.1, -0.05) is 22.4 Å². The van der Waals surface area contributed by atoms with Crippen LogP contribution in [-0.4, -0.2) is 38.2 Å². The lowest BCUT2D eigenvalue weighted by molar-refractivity contribution is -0.121. The van der Waals surface area contributed by atoms with Gasteiger partial charge in [0.05, 0.1) is 0 Å². The van der Waals surface area contributed by atoms with E-state index < -0.39 is 11.9 Å². The molecule has 3 amide bonds. The lowest BCUT2D eigenvalue weighted by atomic mass is 9.84. The van der Waals surface area contributed by atoms with E-state index in [9.17, 15) is 9.59 Å². The number of imide groups is 1. The summed E-state index contributed by atoms with van der Waals surface area (Å²) < 4.78 is 0.952. The predicted octanol–water partition coefficient (Wildman–Crippen LogP) is 2.75. The normalized spacial score (nSPS) is 24.1. The Morgan fingerprint density at radius 1 is 1.25 bits per heavy atom. The van der Waals surface area contributed by atoms with Gasteiger partial charge >= 0.3 is 6.03 Å². The Morgan fingerprint density at radius 2 is 2.04 bits per heavy atom. The van der Waals surface area contributed by atoms with Crippen LogP contribution >= 0.6 is 15.9 Å². The molecule has 1 aromatic heterocycles. The van der Waals surface area contributed by atoms with E-state index in [1.807, 2.05) is 31.2 Å². The number of tetrazole rings is 1. The maximum atomic E-state index is 12.2. The first-order valence-corrected chi connectivity index (χ1v) is 10.4. The maximum Gasteiger partial charge on any atom is 0.321 e. The molecule has 0 spiro atoms. The van der Waals surface area contributed by atoms with E-state index in [4.69, 9.17) is 0 Å². The van der Waals surface area contributed by atoms with Crippen molar-refractivity contribution in [3.05, 3.63) is 28.7 Å². The van der Waals surface area contributed by atoms with Crippen molar-refractivity contribution in [3.8, 4) is 11.4 Å². The number of nitrogens with one attached hydrogen (secondary N) is 2. The second kappa shape index (κ2) is 7.98. The molecule has 2 saturated carbocycles. The van der Waals surface area contributed by atoms with Gasteiger partial charge in [0.1, 0.15) is 6.54 Å². The van der Waals surface area contributed by atoms with Crippen molar-refractivity contribution >= 4 is 27.9 Å². The maximum absolute atomic E-state index is 12.2. The molecule has 2 aliphatic rings. The number of urea groups is 1. The first kappa shape index (κ1) is 19.0. The van der Waals surface area contributed by atoms with E-state index in [0.717, 1.165) is 16.0 Å². The Labute approximate surface area is 171 Å². The summed E-state index contributed by atoms with van der Waals surface area (Å²) in [6, 6.07) is 7.08. The van der Waals surface area contributed by atoms with Gasteiger partial charge in [-0.15, -0.1) is 10.2 Å². The molecule has 8 nitrogen and oxygen atoms in total. The highest BCUT2D eigenvalue weighted by atomic mass is 79.9. The molecule has 2 fully saturated rings. The van der Waals surface area contributed by atoms with E-state index in [2.05, 4.69) is 42.0 Å². The van der Waals surface area contributed by atoms with Crippen LogP contribution in [0, 0.1) is 17.8 Å². The number of aromatic nitrogens is 4. The van der Waals surface area contributed by atoms with E-state index in [0.29, 0.717) is 17.7 Å². The largest absolute Gasteiger partial charge is 0.335 e. The van der Waals surface area contributed by atoms with Gasteiger partial charge in [0.2, 0.25) is 5.82 Å². The number of fused-ring (bicyclic) bond motifs is 2. The molecule has 28 heavy (non-hydrogen) atoms. The Morgan fingerprint density at radius 3 is 2.71 bits per heavy atom. The average molecular weight is 447 g/mol. The van der Waals surface area contributed by atoms with Crippen LogP contribution in [0.3, 0.4) is 0 Å². The standard InChI is InChI=1S/C19H23BrN6O2/c1-11(16-9-12-2-3-14(16)8-12)21-19(28)22-17(27)10-26-24-18(23-25-26)13-4-6-15(20)7-5-13/h4-7,11-12,14,16H,2-3,8-10H2,1H3,(H2,21,22,27,28). The van der Waals surface area contributed by atoms with Crippen molar-refractivity contribution in [1.29, 1.82) is 0 Å². The van der Waals surface area contributed by atoms with Gasteiger partial charge in [-0.2, -0.15) is 4.80 Å². The fourth-order valence-corrected chi connectivity index (χ4v) is 4.84. The zero-order valence-electron chi connectivity index (χ0n) is 15.6. The monoisotopic (exact) mass is 446 g/mol. The molecule has 4 rings (SSSR count). The third-order valence-corrected chi connectivity index (χ3v) is 6.42. The van der Waals surface area contributed by atoms with Gasteiger partial charge in [0.25, 0.3) is 5.91 Å². The Balaban J connectivity index is 1.27. The van der Waals surface area contributed by atoms with Crippen molar-refractivity contribution < 1.29 is 9.59 Å². The number of carbonyl (C=O) groups excluding carboxylic acids is 2. The molecule has 1 aromatic carbocycles. The fourth-order valence-electron chi connectivity index (χ4n) is 4.58. The van der Waals surface area contributed by atoms with Gasteiger partial charge in [-0.3, -0.25) is 10.1 Å². The van der Waals surface area contributed by atoms with Crippen LogP contribution in [0.2, 0.25) is 0 Å². The van der Waals surface area contributed by atoms with Crippen molar-refractivity contribution in [2.75, 3.05) is 0 Å². The van der Waals surface area contributed by atoms with Gasteiger partial charge in [0.15, 0.2) is 0 Å². The van der Waals surface area contributed by atoms with E-state index >= 15 is 0 Å². The SMILES string of the molecule is CC(NC(=O)NC(=O)Cn1nnc(-c2ccc(Br)cc2)n1)C1CC2CCC1C2. The third kappa shape index (κ3) is 4.24. The molecule has 4 unspecified atom stereocenters. The van der Waals surface area contributed by atoms with Crippen molar-refractivity contribution in [2.24, 2.45) is 17.8 Å². The lowest BCUT2D eigenvalue weighted by Crippen LogP contribution is -2.47. The Bertz CT molecular complexity index is 868. The van der Waals surface area contributed by atoms with Crippen LogP contribution in [0.5, 0.6) is 0 Å². The smallest absolute Gasteiger partial charge is 0.321 e. The van der Waals surface area contributed by atoms with Crippen LogP contribution in [-0.2, 0) is 11.3 Å². The molecule has 0 saturated heterocycles. The fraction of sp³-hybridized carbons (Fsp3) is 0.526. The highest BCUT2D eigenvalue weighted by Gasteiger charge is 2.42. The van der Waals surface area contributed by atoms with E-state index in [1.54, 1.807) is 0 Å². The van der Waals surface area contributed by atoms with Crippen LogP contribution < -0.4 is 10.6 Å².